The summed E-state index contributed by atoms with van der Waals surface area (Å²) in [5.74, 6) is -0.865. The van der Waals surface area contributed by atoms with Crippen LogP contribution in [0.5, 0.6) is 0 Å². The van der Waals surface area contributed by atoms with Crippen molar-refractivity contribution in [2.75, 3.05) is 6.61 Å². The smallest absolute Gasteiger partial charge is 0.0997 e. The van der Waals surface area contributed by atoms with Crippen molar-refractivity contribution in [2.24, 2.45) is 11.8 Å². The van der Waals surface area contributed by atoms with E-state index in [2.05, 4.69) is 33.8 Å². The quantitative estimate of drug-likeness (QED) is 0.152. The monoisotopic (exact) mass is 519 g/mol. The van der Waals surface area contributed by atoms with Gasteiger partial charge in [-0.25, -0.2) is 0 Å². The molecule has 0 fully saturated rings. The fraction of sp³-hybridized carbons (Fsp3) is 0.781. The number of carboxylic acids is 1. The van der Waals surface area contributed by atoms with Crippen LogP contribution in [0.4, 0.5) is 0 Å². The maximum Gasteiger partial charge on any atom is 0.0997 e. The second-order valence-electron chi connectivity index (χ2n) is 11.9. The maximum absolute atomic E-state index is 10.8. The Morgan fingerprint density at radius 3 is 2.49 bits per heavy atom. The lowest BCUT2D eigenvalue weighted by atomic mass is 9.85. The van der Waals surface area contributed by atoms with Crippen molar-refractivity contribution >= 4 is 5.97 Å². The fourth-order valence-corrected chi connectivity index (χ4v) is 4.98. The number of hydrogen-bond donors (Lipinski definition) is 2. The molecule has 0 aromatic carbocycles. The molecule has 1 aliphatic carbocycles. The van der Waals surface area contributed by atoms with Crippen LogP contribution >= 0.6 is 0 Å². The van der Waals surface area contributed by atoms with Crippen molar-refractivity contribution in [2.45, 2.75) is 143 Å². The molecule has 1 aliphatic rings. The van der Waals surface area contributed by atoms with Crippen LogP contribution in [0.25, 0.3) is 0 Å². The summed E-state index contributed by atoms with van der Waals surface area (Å²) >= 11 is 0. The number of aliphatic carboxylic acids is 1. The molecule has 0 heterocycles. The highest BCUT2D eigenvalue weighted by atomic mass is 16.5. The molecule has 5 heteroatoms. The Morgan fingerprint density at radius 2 is 1.84 bits per heavy atom. The standard InChI is InChI=1S/C32H56O5/c1-8-9-21-37-30-27(6)26(5)29(33)22-28(30)18-17-24(3)14-10-13-23(2)15-11-19-32(7,36)20-12-16-25(4)31(34)35/h15,22,24-25,29-30,33,36H,8-14,16-21H2,1-7H3,(H,34,35)/p-1/b23-15+. The Hall–Kier alpha value is -1.43. The highest BCUT2D eigenvalue weighted by Gasteiger charge is 2.26. The average molecular weight is 520 g/mol. The Morgan fingerprint density at radius 1 is 1.14 bits per heavy atom. The average Bonchev–Trinajstić information content (AvgIpc) is 2.82. The minimum Gasteiger partial charge on any atom is -0.550 e. The summed E-state index contributed by atoms with van der Waals surface area (Å²) in [5, 5.41) is 31.9. The minimum atomic E-state index is -1.01. The number of carboxylic acid groups (broad SMARTS) is 1. The normalized spacial score (nSPS) is 22.0. The third kappa shape index (κ3) is 13.3. The van der Waals surface area contributed by atoms with Crippen LogP contribution < -0.4 is 5.11 Å². The zero-order chi connectivity index (χ0) is 28.0. The van der Waals surface area contributed by atoms with Gasteiger partial charge in [0.15, 0.2) is 0 Å². The van der Waals surface area contributed by atoms with E-state index in [-0.39, 0.29) is 6.10 Å². The van der Waals surface area contributed by atoms with Crippen LogP contribution in [-0.4, -0.2) is 40.6 Å². The summed E-state index contributed by atoms with van der Waals surface area (Å²) < 4.78 is 6.23. The van der Waals surface area contributed by atoms with Crippen LogP contribution in [0.1, 0.15) is 126 Å². The molecule has 0 amide bonds. The Labute approximate surface area is 227 Å². The van der Waals surface area contributed by atoms with Gasteiger partial charge in [-0.1, -0.05) is 45.3 Å². The van der Waals surface area contributed by atoms with Gasteiger partial charge in [-0.3, -0.25) is 0 Å². The summed E-state index contributed by atoms with van der Waals surface area (Å²) in [6.07, 6.45) is 14.8. The second-order valence-corrected chi connectivity index (χ2v) is 11.9. The molecule has 0 aromatic rings. The number of rotatable bonds is 19. The molecule has 0 radical (unpaired) electrons. The third-order valence-corrected chi connectivity index (χ3v) is 8.07. The number of carbonyl (C=O) groups is 1. The van der Waals surface area contributed by atoms with E-state index in [4.69, 9.17) is 4.74 Å². The highest BCUT2D eigenvalue weighted by Crippen LogP contribution is 2.32. The molecule has 5 atom stereocenters. The predicted octanol–water partition coefficient (Wildman–Crippen LogP) is 6.43. The first-order chi connectivity index (χ1) is 17.4. The van der Waals surface area contributed by atoms with Crippen LogP contribution in [-0.2, 0) is 9.53 Å². The zero-order valence-electron chi connectivity index (χ0n) is 24.8. The number of ether oxygens (including phenoxy) is 1. The Balaban J connectivity index is 2.38. The van der Waals surface area contributed by atoms with Gasteiger partial charge < -0.3 is 24.9 Å². The molecule has 0 spiro atoms. The van der Waals surface area contributed by atoms with Gasteiger partial charge in [-0.15, -0.1) is 0 Å². The third-order valence-electron chi connectivity index (χ3n) is 8.07. The van der Waals surface area contributed by atoms with Crippen molar-refractivity contribution in [3.8, 4) is 0 Å². The predicted molar refractivity (Wildman–Crippen MR) is 151 cm³/mol. The molecule has 5 unspecified atom stereocenters. The Bertz CT molecular complexity index is 776. The van der Waals surface area contributed by atoms with Crippen LogP contribution in [0.2, 0.25) is 0 Å². The van der Waals surface area contributed by atoms with Crippen LogP contribution in [0.3, 0.4) is 0 Å². The summed E-state index contributed by atoms with van der Waals surface area (Å²) in [4.78, 5) is 10.8. The number of hydrogen-bond acceptors (Lipinski definition) is 5. The number of aliphatic hydroxyl groups excluding tert-OH is 1. The van der Waals surface area contributed by atoms with Crippen molar-refractivity contribution in [3.63, 3.8) is 0 Å². The van der Waals surface area contributed by atoms with Crippen molar-refractivity contribution in [3.05, 3.63) is 34.4 Å². The minimum absolute atomic E-state index is 0.0158. The van der Waals surface area contributed by atoms with Crippen LogP contribution in [0.15, 0.2) is 34.4 Å². The van der Waals surface area contributed by atoms with E-state index < -0.39 is 23.6 Å². The number of carbonyl (C=O) groups excluding carboxylic acids is 1. The topological polar surface area (TPSA) is 89.8 Å². The second kappa shape index (κ2) is 17.2. The van der Waals surface area contributed by atoms with Gasteiger partial charge in [-0.2, -0.15) is 0 Å². The van der Waals surface area contributed by atoms with Crippen LogP contribution in [0, 0.1) is 11.8 Å². The molecule has 0 aromatic heterocycles. The molecule has 37 heavy (non-hydrogen) atoms. The van der Waals surface area contributed by atoms with Gasteiger partial charge in [0.25, 0.3) is 0 Å². The number of aliphatic hydroxyl groups is 2. The van der Waals surface area contributed by atoms with E-state index >= 15 is 0 Å². The van der Waals surface area contributed by atoms with Crippen molar-refractivity contribution < 1.29 is 24.9 Å². The van der Waals surface area contributed by atoms with E-state index in [1.807, 2.05) is 19.9 Å². The number of allylic oxidation sites excluding steroid dienone is 2. The lowest BCUT2D eigenvalue weighted by molar-refractivity contribution is -0.311. The van der Waals surface area contributed by atoms with Gasteiger partial charge in [0.2, 0.25) is 0 Å². The first-order valence-electron chi connectivity index (χ1n) is 14.6. The molecule has 5 nitrogen and oxygen atoms in total. The SMILES string of the molecule is CCCCOC1C(CCC(C)CCC/C(C)=C/CCC(C)(O)CCCC(C)C(=O)[O-])=CC(O)C(C)=C1C. The van der Waals surface area contributed by atoms with Gasteiger partial charge in [0.05, 0.1) is 17.8 Å². The largest absolute Gasteiger partial charge is 0.550 e. The molecule has 0 aliphatic heterocycles. The van der Waals surface area contributed by atoms with E-state index in [0.29, 0.717) is 31.6 Å². The molecular formula is C32H55O5-. The van der Waals surface area contributed by atoms with E-state index in [0.717, 1.165) is 57.1 Å². The lowest BCUT2D eigenvalue weighted by Gasteiger charge is -2.30. The number of unbranched alkanes of at least 4 members (excludes halogenated alkanes) is 1. The maximum atomic E-state index is 10.8. The van der Waals surface area contributed by atoms with E-state index in [1.54, 1.807) is 6.92 Å². The molecule has 1 rings (SSSR count). The Kier molecular flexibility index (Phi) is 15.6. The zero-order valence-corrected chi connectivity index (χ0v) is 24.8. The lowest BCUT2D eigenvalue weighted by Crippen LogP contribution is -2.30. The fourth-order valence-electron chi connectivity index (χ4n) is 4.98. The molecule has 214 valence electrons. The molecular weight excluding hydrogens is 464 g/mol. The molecule has 0 bridgehead atoms. The van der Waals surface area contributed by atoms with Crippen molar-refractivity contribution in [1.82, 2.24) is 0 Å². The van der Waals surface area contributed by atoms with E-state index in [9.17, 15) is 20.1 Å². The molecule has 0 saturated heterocycles. The van der Waals surface area contributed by atoms with Gasteiger partial charge >= 0.3 is 0 Å². The summed E-state index contributed by atoms with van der Waals surface area (Å²) in [7, 11) is 0. The molecule has 2 N–H and O–H groups in total. The summed E-state index contributed by atoms with van der Waals surface area (Å²) in [6.45, 7) is 15.0. The first kappa shape index (κ1) is 33.6. The van der Waals surface area contributed by atoms with Gasteiger partial charge in [0.1, 0.15) is 0 Å². The van der Waals surface area contributed by atoms with E-state index in [1.165, 1.54) is 23.1 Å². The van der Waals surface area contributed by atoms with Gasteiger partial charge in [0, 0.05) is 12.6 Å². The summed E-state index contributed by atoms with van der Waals surface area (Å²) in [6, 6.07) is 0. The molecule has 0 saturated carbocycles. The summed E-state index contributed by atoms with van der Waals surface area (Å²) in [5.41, 5.74) is 4.03. The highest BCUT2D eigenvalue weighted by molar-refractivity contribution is 5.66. The van der Waals surface area contributed by atoms with Crippen molar-refractivity contribution in [1.29, 1.82) is 0 Å². The first-order valence-corrected chi connectivity index (χ1v) is 14.6. The van der Waals surface area contributed by atoms with Gasteiger partial charge in [-0.05, 0) is 127 Å².